The topological polar surface area (TPSA) is 59.8 Å². The number of aryl methyl sites for hydroxylation is 1. The number of halogens is 1. The molecule has 0 fully saturated rings. The molecule has 0 spiro atoms. The van der Waals surface area contributed by atoms with Crippen LogP contribution < -0.4 is 4.74 Å². The second-order valence-electron chi connectivity index (χ2n) is 8.78. The van der Waals surface area contributed by atoms with Crippen LogP contribution in [0.25, 0.3) is 11.3 Å². The summed E-state index contributed by atoms with van der Waals surface area (Å²) in [5.41, 5.74) is 2.71. The zero-order valence-electron chi connectivity index (χ0n) is 20.6. The monoisotopic (exact) mass is 469 g/mol. The summed E-state index contributed by atoms with van der Waals surface area (Å²) in [6.45, 7) is 8.27. The van der Waals surface area contributed by atoms with Crippen molar-refractivity contribution in [2.75, 3.05) is 19.8 Å². The van der Waals surface area contributed by atoms with Gasteiger partial charge in [-0.05, 0) is 44.5 Å². The Hall–Kier alpha value is -2.74. The van der Waals surface area contributed by atoms with Crippen molar-refractivity contribution >= 4 is 0 Å². The Morgan fingerprint density at radius 3 is 2.44 bits per heavy atom. The van der Waals surface area contributed by atoms with Crippen LogP contribution in [-0.2, 0) is 18.3 Å². The zero-order chi connectivity index (χ0) is 24.5. The number of benzene rings is 2. The molecule has 0 aliphatic heterocycles. The van der Waals surface area contributed by atoms with E-state index in [0.717, 1.165) is 29.7 Å². The molecule has 1 heterocycles. The van der Waals surface area contributed by atoms with Gasteiger partial charge in [0.25, 0.3) is 0 Å². The molecule has 0 aliphatic rings. The minimum atomic E-state index is -0.599. The van der Waals surface area contributed by atoms with E-state index in [9.17, 15) is 9.50 Å². The second kappa shape index (κ2) is 12.6. The number of unbranched alkanes of at least 4 members (excludes halogenated alkanes) is 1. The maximum absolute atomic E-state index is 13.4. The van der Waals surface area contributed by atoms with Gasteiger partial charge in [0.2, 0.25) is 5.88 Å². The SMILES string of the molecule is CCCCOC[C@H](O)CN(Cc1c(-c2ccccc2)nn(C)c1Oc1ccc(F)cc1)C(C)C. The first-order valence-corrected chi connectivity index (χ1v) is 11.9. The highest BCUT2D eigenvalue weighted by Crippen LogP contribution is 2.34. The van der Waals surface area contributed by atoms with E-state index in [1.54, 1.807) is 16.8 Å². The molecule has 184 valence electrons. The van der Waals surface area contributed by atoms with Crippen molar-refractivity contribution < 1.29 is 19.0 Å². The molecule has 0 saturated heterocycles. The van der Waals surface area contributed by atoms with Crippen LogP contribution in [0.15, 0.2) is 54.6 Å². The molecule has 0 unspecified atom stereocenters. The molecule has 1 N–H and O–H groups in total. The van der Waals surface area contributed by atoms with Crippen molar-refractivity contribution in [3.8, 4) is 22.9 Å². The van der Waals surface area contributed by atoms with Gasteiger partial charge in [-0.3, -0.25) is 4.90 Å². The van der Waals surface area contributed by atoms with Gasteiger partial charge < -0.3 is 14.6 Å². The van der Waals surface area contributed by atoms with Gasteiger partial charge in [-0.15, -0.1) is 0 Å². The second-order valence-corrected chi connectivity index (χ2v) is 8.78. The maximum Gasteiger partial charge on any atom is 0.222 e. The molecule has 3 aromatic rings. The van der Waals surface area contributed by atoms with Crippen LogP contribution in [0.5, 0.6) is 11.6 Å². The third kappa shape index (κ3) is 7.13. The fraction of sp³-hybridized carbons (Fsp3) is 0.444. The Morgan fingerprint density at radius 2 is 1.79 bits per heavy atom. The number of aliphatic hydroxyl groups excluding tert-OH is 1. The summed E-state index contributed by atoms with van der Waals surface area (Å²) in [7, 11) is 1.84. The highest BCUT2D eigenvalue weighted by atomic mass is 19.1. The van der Waals surface area contributed by atoms with Crippen LogP contribution in [0, 0.1) is 5.82 Å². The lowest BCUT2D eigenvalue weighted by molar-refractivity contribution is 0.00848. The molecule has 1 aromatic heterocycles. The number of ether oxygens (including phenoxy) is 2. The summed E-state index contributed by atoms with van der Waals surface area (Å²) >= 11 is 0. The van der Waals surface area contributed by atoms with E-state index in [1.165, 1.54) is 12.1 Å². The standard InChI is InChI=1S/C27H36FN3O3/c1-5-6-16-33-19-23(32)17-31(20(2)3)18-25-26(21-10-8-7-9-11-21)29-30(4)27(25)34-24-14-12-22(28)13-15-24/h7-15,20,23,32H,5-6,16-19H2,1-4H3/t23-/m1/s1. The average Bonchev–Trinajstić information content (AvgIpc) is 3.13. The van der Waals surface area contributed by atoms with Gasteiger partial charge in [-0.2, -0.15) is 5.10 Å². The Kier molecular flexibility index (Phi) is 9.62. The molecule has 6 nitrogen and oxygen atoms in total. The van der Waals surface area contributed by atoms with Crippen molar-refractivity contribution in [2.45, 2.75) is 52.3 Å². The predicted molar refractivity (Wildman–Crippen MR) is 132 cm³/mol. The van der Waals surface area contributed by atoms with Crippen LogP contribution >= 0.6 is 0 Å². The number of hydrogen-bond acceptors (Lipinski definition) is 5. The maximum atomic E-state index is 13.4. The van der Waals surface area contributed by atoms with E-state index < -0.39 is 6.10 Å². The minimum absolute atomic E-state index is 0.174. The van der Waals surface area contributed by atoms with E-state index in [2.05, 4.69) is 25.7 Å². The predicted octanol–water partition coefficient (Wildman–Crippen LogP) is 5.41. The highest BCUT2D eigenvalue weighted by molar-refractivity contribution is 5.65. The van der Waals surface area contributed by atoms with Crippen molar-refractivity contribution in [3.05, 3.63) is 66.0 Å². The lowest BCUT2D eigenvalue weighted by Gasteiger charge is -2.29. The minimum Gasteiger partial charge on any atom is -0.439 e. The lowest BCUT2D eigenvalue weighted by Crippen LogP contribution is -2.39. The van der Waals surface area contributed by atoms with E-state index in [4.69, 9.17) is 14.6 Å². The molecule has 0 radical (unpaired) electrons. The summed E-state index contributed by atoms with van der Waals surface area (Å²) in [5, 5.41) is 15.4. The number of hydrogen-bond donors (Lipinski definition) is 1. The first-order chi connectivity index (χ1) is 16.4. The van der Waals surface area contributed by atoms with Crippen molar-refractivity contribution in [2.24, 2.45) is 7.05 Å². The summed E-state index contributed by atoms with van der Waals surface area (Å²) in [5.74, 6) is 0.805. The van der Waals surface area contributed by atoms with Crippen LogP contribution in [0.1, 0.15) is 39.2 Å². The Labute approximate surface area is 201 Å². The fourth-order valence-electron chi connectivity index (χ4n) is 3.72. The third-order valence-corrected chi connectivity index (χ3v) is 5.65. The van der Waals surface area contributed by atoms with E-state index in [1.807, 2.05) is 37.4 Å². The summed E-state index contributed by atoms with van der Waals surface area (Å²) in [4.78, 5) is 2.19. The average molecular weight is 470 g/mol. The number of aromatic nitrogens is 2. The van der Waals surface area contributed by atoms with Gasteiger partial charge >= 0.3 is 0 Å². The van der Waals surface area contributed by atoms with Crippen molar-refractivity contribution in [1.82, 2.24) is 14.7 Å². The number of nitrogens with zero attached hydrogens (tertiary/aromatic N) is 3. The largest absolute Gasteiger partial charge is 0.439 e. The Bertz CT molecular complexity index is 1010. The molecule has 3 rings (SSSR count). The van der Waals surface area contributed by atoms with Crippen LogP contribution in [0.4, 0.5) is 4.39 Å². The van der Waals surface area contributed by atoms with Gasteiger partial charge in [0.05, 0.1) is 18.3 Å². The normalized spacial score (nSPS) is 12.5. The molecule has 34 heavy (non-hydrogen) atoms. The molecule has 1 atom stereocenters. The number of aliphatic hydroxyl groups is 1. The van der Waals surface area contributed by atoms with E-state index >= 15 is 0 Å². The molecule has 0 saturated carbocycles. The molecule has 0 bridgehead atoms. The van der Waals surface area contributed by atoms with Gasteiger partial charge in [0, 0.05) is 38.3 Å². The van der Waals surface area contributed by atoms with Gasteiger partial charge in [0.15, 0.2) is 0 Å². The first-order valence-electron chi connectivity index (χ1n) is 11.9. The molecule has 0 amide bonds. The third-order valence-electron chi connectivity index (χ3n) is 5.65. The van der Waals surface area contributed by atoms with Crippen LogP contribution in [0.2, 0.25) is 0 Å². The van der Waals surface area contributed by atoms with Crippen molar-refractivity contribution in [1.29, 1.82) is 0 Å². The molecule has 2 aromatic carbocycles. The van der Waals surface area contributed by atoms with Crippen LogP contribution in [-0.4, -0.2) is 51.7 Å². The van der Waals surface area contributed by atoms with Crippen molar-refractivity contribution in [3.63, 3.8) is 0 Å². The lowest BCUT2D eigenvalue weighted by atomic mass is 10.1. The fourth-order valence-corrected chi connectivity index (χ4v) is 3.72. The highest BCUT2D eigenvalue weighted by Gasteiger charge is 2.24. The first kappa shape index (κ1) is 25.9. The van der Waals surface area contributed by atoms with E-state index in [-0.39, 0.29) is 11.9 Å². The summed E-state index contributed by atoms with van der Waals surface area (Å²) < 4.78 is 26.9. The quantitative estimate of drug-likeness (QED) is 0.339. The Morgan fingerprint density at radius 1 is 1.09 bits per heavy atom. The summed E-state index contributed by atoms with van der Waals surface area (Å²) in [6, 6.07) is 16.1. The van der Waals surface area contributed by atoms with Gasteiger partial charge in [-0.1, -0.05) is 43.7 Å². The molecule has 7 heteroatoms. The summed E-state index contributed by atoms with van der Waals surface area (Å²) in [6.07, 6.45) is 1.45. The molecular formula is C27H36FN3O3. The smallest absolute Gasteiger partial charge is 0.222 e. The van der Waals surface area contributed by atoms with Gasteiger partial charge in [0.1, 0.15) is 17.3 Å². The molecular weight excluding hydrogens is 433 g/mol. The molecule has 0 aliphatic carbocycles. The Balaban J connectivity index is 1.88. The zero-order valence-corrected chi connectivity index (χ0v) is 20.6. The van der Waals surface area contributed by atoms with Gasteiger partial charge in [-0.25, -0.2) is 9.07 Å². The number of rotatable bonds is 13. The van der Waals surface area contributed by atoms with E-state index in [0.29, 0.717) is 37.9 Å². The van der Waals surface area contributed by atoms with Crippen LogP contribution in [0.3, 0.4) is 0 Å².